The minimum atomic E-state index is -0.474. The summed E-state index contributed by atoms with van der Waals surface area (Å²) in [6.07, 6.45) is 9.41. The Hall–Kier alpha value is -4.01. The molecule has 1 saturated heterocycles. The Bertz CT molecular complexity index is 1800. The highest BCUT2D eigenvalue weighted by atomic mass is 35.5. The fourth-order valence-corrected chi connectivity index (χ4v) is 9.33. The fraction of sp³-hybridized carbons (Fsp3) is 0.571. The van der Waals surface area contributed by atoms with E-state index in [2.05, 4.69) is 51.7 Å². The summed E-state index contributed by atoms with van der Waals surface area (Å²) in [7, 11) is 0. The number of nitriles is 1. The van der Waals surface area contributed by atoms with Crippen LogP contribution >= 0.6 is 11.6 Å². The van der Waals surface area contributed by atoms with Crippen LogP contribution in [0.1, 0.15) is 121 Å². The van der Waals surface area contributed by atoms with Crippen LogP contribution in [-0.2, 0) is 11.3 Å². The number of hydrogen-bond donors (Lipinski definition) is 0. The molecule has 2 aliphatic carbocycles. The van der Waals surface area contributed by atoms with Gasteiger partial charge >= 0.3 is 6.09 Å². The molecule has 0 spiro atoms. The molecule has 2 amide bonds. The van der Waals surface area contributed by atoms with Crippen LogP contribution in [0.2, 0.25) is 5.02 Å². The third kappa shape index (κ3) is 7.77. The molecule has 0 N–H and O–H groups in total. The molecule has 2 saturated carbocycles. The zero-order valence-corrected chi connectivity index (χ0v) is 31.9. The first kappa shape index (κ1) is 36.8. The van der Waals surface area contributed by atoms with Crippen LogP contribution in [0.15, 0.2) is 42.0 Å². The van der Waals surface area contributed by atoms with Gasteiger partial charge in [-0.15, -0.1) is 0 Å². The summed E-state index contributed by atoms with van der Waals surface area (Å²) in [5, 5.41) is 9.60. The van der Waals surface area contributed by atoms with E-state index >= 15 is 0 Å². The number of halogens is 1. The molecule has 4 aliphatic rings. The molecule has 0 bridgehead atoms. The van der Waals surface area contributed by atoms with Crippen molar-refractivity contribution in [1.82, 2.24) is 14.8 Å². The molecule has 2 aromatic rings. The van der Waals surface area contributed by atoms with Gasteiger partial charge < -0.3 is 19.3 Å². The summed E-state index contributed by atoms with van der Waals surface area (Å²) in [6.45, 7) is 16.2. The fourth-order valence-electron chi connectivity index (χ4n) is 9.12. The molecule has 9 heteroatoms. The molecule has 8 nitrogen and oxygen atoms in total. The first-order valence-electron chi connectivity index (χ1n) is 18.4. The van der Waals surface area contributed by atoms with Gasteiger partial charge in [0.15, 0.2) is 0 Å². The summed E-state index contributed by atoms with van der Waals surface area (Å²) in [4.78, 5) is 35.0. The SMILES string of the molecule is CC(C)(C)OC(=O)N1CCC/C(=C/C2CCC(C#Cc3ccc4c(n3)CN(C3C(C)(C)C(Oc5ccc(C#N)c(Cl)c5)C3(C)C)C4=O)CC2)CC1. The molecule has 0 radical (unpaired) electrons. The quantitative estimate of drug-likeness (QED) is 0.232. The highest BCUT2D eigenvalue weighted by Gasteiger charge is 2.67. The van der Waals surface area contributed by atoms with Crippen molar-refractivity contribution in [1.29, 1.82) is 5.26 Å². The predicted molar refractivity (Wildman–Crippen MR) is 198 cm³/mol. The van der Waals surface area contributed by atoms with Crippen LogP contribution in [0, 0.1) is 45.8 Å². The second kappa shape index (κ2) is 14.2. The van der Waals surface area contributed by atoms with Crippen molar-refractivity contribution in [3.05, 3.63) is 69.5 Å². The van der Waals surface area contributed by atoms with Crippen molar-refractivity contribution in [2.75, 3.05) is 13.1 Å². The van der Waals surface area contributed by atoms with E-state index in [1.807, 2.05) is 42.7 Å². The topological polar surface area (TPSA) is 95.8 Å². The van der Waals surface area contributed by atoms with Gasteiger partial charge in [-0.25, -0.2) is 9.78 Å². The third-order valence-corrected chi connectivity index (χ3v) is 11.4. The number of fused-ring (bicyclic) bond motifs is 1. The summed E-state index contributed by atoms with van der Waals surface area (Å²) < 4.78 is 12.1. The van der Waals surface area contributed by atoms with Gasteiger partial charge in [0.2, 0.25) is 0 Å². The zero-order valence-electron chi connectivity index (χ0n) is 31.1. The summed E-state index contributed by atoms with van der Waals surface area (Å²) >= 11 is 6.28. The van der Waals surface area contributed by atoms with Crippen LogP contribution < -0.4 is 4.74 Å². The molecule has 3 fully saturated rings. The van der Waals surface area contributed by atoms with E-state index in [1.54, 1.807) is 18.2 Å². The predicted octanol–water partition coefficient (Wildman–Crippen LogP) is 8.95. The van der Waals surface area contributed by atoms with E-state index in [0.29, 0.717) is 46.0 Å². The van der Waals surface area contributed by atoms with Crippen LogP contribution in [-0.4, -0.2) is 57.6 Å². The maximum atomic E-state index is 13.7. The first-order valence-corrected chi connectivity index (χ1v) is 18.8. The molecular weight excluding hydrogens is 660 g/mol. The summed E-state index contributed by atoms with van der Waals surface area (Å²) in [5.74, 6) is 8.36. The molecule has 0 atom stereocenters. The number of amides is 2. The second-order valence-corrected chi connectivity index (χ2v) is 17.4. The lowest BCUT2D eigenvalue weighted by molar-refractivity contribution is -0.199. The van der Waals surface area contributed by atoms with Crippen molar-refractivity contribution in [3.8, 4) is 23.7 Å². The van der Waals surface area contributed by atoms with E-state index in [0.717, 1.165) is 63.7 Å². The number of rotatable bonds is 4. The Balaban J connectivity index is 1.03. The Morgan fingerprint density at radius 2 is 1.76 bits per heavy atom. The maximum Gasteiger partial charge on any atom is 0.410 e. The molecule has 3 heterocycles. The number of ether oxygens (including phenoxy) is 2. The number of allylic oxidation sites excluding steroid dienone is 1. The van der Waals surface area contributed by atoms with Gasteiger partial charge in [0.1, 0.15) is 29.2 Å². The van der Waals surface area contributed by atoms with Gasteiger partial charge in [-0.1, -0.05) is 56.9 Å². The van der Waals surface area contributed by atoms with Gasteiger partial charge in [0.05, 0.1) is 28.4 Å². The van der Waals surface area contributed by atoms with Gasteiger partial charge in [-0.2, -0.15) is 5.26 Å². The number of hydrogen-bond acceptors (Lipinski definition) is 6. The largest absolute Gasteiger partial charge is 0.489 e. The minimum absolute atomic E-state index is 0.00156. The lowest BCUT2D eigenvalue weighted by atomic mass is 9.49. The Morgan fingerprint density at radius 3 is 2.43 bits per heavy atom. The number of pyridine rings is 1. The van der Waals surface area contributed by atoms with Crippen LogP contribution in [0.5, 0.6) is 5.75 Å². The number of carbonyl (C=O) groups is 2. The van der Waals surface area contributed by atoms with E-state index in [4.69, 9.17) is 26.1 Å². The van der Waals surface area contributed by atoms with Crippen LogP contribution in [0.4, 0.5) is 4.79 Å². The number of nitrogens with zero attached hydrogens (tertiary/aromatic N) is 4. The zero-order chi connectivity index (χ0) is 36.7. The molecule has 270 valence electrons. The van der Waals surface area contributed by atoms with Crippen molar-refractivity contribution in [3.63, 3.8) is 0 Å². The first-order chi connectivity index (χ1) is 24.1. The molecular formula is C42H51ClN4O4. The van der Waals surface area contributed by atoms with E-state index in [-0.39, 0.29) is 35.0 Å². The molecule has 1 aromatic heterocycles. The van der Waals surface area contributed by atoms with Crippen molar-refractivity contribution >= 4 is 23.6 Å². The van der Waals surface area contributed by atoms with Gasteiger partial charge in [-0.05, 0) is 102 Å². The van der Waals surface area contributed by atoms with Crippen molar-refractivity contribution in [2.24, 2.45) is 22.7 Å². The maximum absolute atomic E-state index is 13.7. The van der Waals surface area contributed by atoms with Crippen molar-refractivity contribution in [2.45, 2.75) is 118 Å². The normalized spacial score (nSPS) is 26.3. The van der Waals surface area contributed by atoms with Gasteiger partial charge in [0.25, 0.3) is 5.91 Å². The highest BCUT2D eigenvalue weighted by molar-refractivity contribution is 6.31. The lowest BCUT2D eigenvalue weighted by Crippen LogP contribution is -2.74. The van der Waals surface area contributed by atoms with Gasteiger partial charge in [-0.3, -0.25) is 4.79 Å². The van der Waals surface area contributed by atoms with Crippen LogP contribution in [0.25, 0.3) is 0 Å². The van der Waals surface area contributed by atoms with Gasteiger partial charge in [0, 0.05) is 41.9 Å². The average molecular weight is 711 g/mol. The standard InChI is InChI=1S/C42H51ClN4O4/c1-40(2,3)51-39(49)46-21-8-9-28(20-22-46)23-29-12-10-27(11-13-29)14-16-31-17-19-33-35(45-31)26-47(36(33)48)37-41(4,5)38(42(37,6)7)50-32-18-15-30(25-44)34(43)24-32/h15,17-19,23-24,27,29,37-38H,8-13,20-22,26H2,1-7H3/b28-23-. The molecule has 1 aromatic carbocycles. The minimum Gasteiger partial charge on any atom is -0.489 e. The number of aromatic nitrogens is 1. The lowest BCUT2D eigenvalue weighted by Gasteiger charge is -2.65. The van der Waals surface area contributed by atoms with E-state index in [1.165, 1.54) is 5.57 Å². The molecule has 6 rings (SSSR count). The van der Waals surface area contributed by atoms with Crippen molar-refractivity contribution < 1.29 is 19.1 Å². The van der Waals surface area contributed by atoms with Crippen LogP contribution in [0.3, 0.4) is 0 Å². The second-order valence-electron chi connectivity index (χ2n) is 16.9. The number of likely N-dealkylation sites (tertiary alicyclic amines) is 1. The number of carbonyl (C=O) groups excluding carboxylic acids is 2. The number of benzene rings is 1. The smallest absolute Gasteiger partial charge is 0.410 e. The Kier molecular flexibility index (Phi) is 10.2. The van der Waals surface area contributed by atoms with E-state index in [9.17, 15) is 14.9 Å². The summed E-state index contributed by atoms with van der Waals surface area (Å²) in [5.41, 5.74) is 2.88. The van der Waals surface area contributed by atoms with E-state index < -0.39 is 5.60 Å². The molecule has 2 aliphatic heterocycles. The molecule has 51 heavy (non-hydrogen) atoms. The average Bonchev–Trinajstić information content (AvgIpc) is 3.20. The molecule has 0 unspecified atom stereocenters. The monoisotopic (exact) mass is 710 g/mol. The highest BCUT2D eigenvalue weighted by Crippen LogP contribution is 2.59. The third-order valence-electron chi connectivity index (χ3n) is 11.1. The Morgan fingerprint density at radius 1 is 1.04 bits per heavy atom. The summed E-state index contributed by atoms with van der Waals surface area (Å²) in [6, 6.07) is 10.9. The Labute approximate surface area is 308 Å².